The molecule has 0 aliphatic heterocycles. The smallest absolute Gasteiger partial charge is 0.134 e. The Labute approximate surface area is 101 Å². The van der Waals surface area contributed by atoms with Crippen LogP contribution in [-0.4, -0.2) is 6.54 Å². The average molecular weight is 274 g/mol. The Morgan fingerprint density at radius 2 is 2.00 bits per heavy atom. The van der Waals surface area contributed by atoms with Gasteiger partial charge in [-0.2, -0.15) is 0 Å². The van der Waals surface area contributed by atoms with E-state index in [2.05, 4.69) is 48.9 Å². The van der Waals surface area contributed by atoms with Crippen molar-refractivity contribution in [3.63, 3.8) is 0 Å². The summed E-state index contributed by atoms with van der Waals surface area (Å²) in [5.41, 5.74) is 0. The molecule has 0 bridgehead atoms. The van der Waals surface area contributed by atoms with Crippen molar-refractivity contribution in [3.05, 3.63) is 22.6 Å². The summed E-state index contributed by atoms with van der Waals surface area (Å²) in [5, 5.41) is 3.48. The molecule has 1 rings (SSSR count). The SMILES string of the molecule is CC(NCC(C)C(C)C)c1occc1Br. The highest BCUT2D eigenvalue weighted by atomic mass is 79.9. The Bertz CT molecular complexity index is 296. The van der Waals surface area contributed by atoms with Crippen LogP contribution in [0.2, 0.25) is 0 Å². The average Bonchev–Trinajstić information content (AvgIpc) is 2.60. The molecule has 0 aromatic carbocycles. The second-order valence-electron chi connectivity index (χ2n) is 4.48. The van der Waals surface area contributed by atoms with Gasteiger partial charge in [-0.05, 0) is 47.3 Å². The number of hydrogen-bond acceptors (Lipinski definition) is 2. The third-order valence-electron chi connectivity index (χ3n) is 2.92. The lowest BCUT2D eigenvalue weighted by Gasteiger charge is -2.19. The predicted molar refractivity (Wildman–Crippen MR) is 66.8 cm³/mol. The molecule has 3 heteroatoms. The number of hydrogen-bond donors (Lipinski definition) is 1. The molecule has 2 nitrogen and oxygen atoms in total. The first-order valence-corrected chi connectivity index (χ1v) is 6.28. The van der Waals surface area contributed by atoms with Crippen molar-refractivity contribution in [2.24, 2.45) is 11.8 Å². The fourth-order valence-corrected chi connectivity index (χ4v) is 1.85. The quantitative estimate of drug-likeness (QED) is 0.878. The Morgan fingerprint density at radius 1 is 1.33 bits per heavy atom. The predicted octanol–water partition coefficient (Wildman–Crippen LogP) is 3.98. The topological polar surface area (TPSA) is 25.2 Å². The first-order valence-electron chi connectivity index (χ1n) is 5.48. The molecule has 15 heavy (non-hydrogen) atoms. The van der Waals surface area contributed by atoms with Gasteiger partial charge in [-0.1, -0.05) is 20.8 Å². The first kappa shape index (κ1) is 12.8. The lowest BCUT2D eigenvalue weighted by molar-refractivity contribution is 0.353. The van der Waals surface area contributed by atoms with Crippen molar-refractivity contribution in [1.29, 1.82) is 0 Å². The fraction of sp³-hybridized carbons (Fsp3) is 0.667. The van der Waals surface area contributed by atoms with Gasteiger partial charge in [0.1, 0.15) is 5.76 Å². The minimum absolute atomic E-state index is 0.260. The van der Waals surface area contributed by atoms with Gasteiger partial charge < -0.3 is 9.73 Å². The van der Waals surface area contributed by atoms with Gasteiger partial charge in [0.15, 0.2) is 0 Å². The van der Waals surface area contributed by atoms with E-state index in [-0.39, 0.29) is 6.04 Å². The van der Waals surface area contributed by atoms with E-state index in [1.807, 2.05) is 6.07 Å². The first-order chi connectivity index (χ1) is 7.02. The summed E-state index contributed by atoms with van der Waals surface area (Å²) in [5.74, 6) is 2.37. The number of furan rings is 1. The zero-order valence-electron chi connectivity index (χ0n) is 9.88. The molecule has 0 radical (unpaired) electrons. The molecule has 86 valence electrons. The van der Waals surface area contributed by atoms with Gasteiger partial charge in [-0.25, -0.2) is 0 Å². The summed E-state index contributed by atoms with van der Waals surface area (Å²) in [6.07, 6.45) is 1.71. The molecule has 2 atom stereocenters. The molecule has 2 unspecified atom stereocenters. The highest BCUT2D eigenvalue weighted by molar-refractivity contribution is 9.10. The summed E-state index contributed by atoms with van der Waals surface area (Å²) in [4.78, 5) is 0. The standard InChI is InChI=1S/C12H20BrNO/c1-8(2)9(3)7-14-10(4)12-11(13)5-6-15-12/h5-6,8-10,14H,7H2,1-4H3. The Balaban J connectivity index is 2.43. The Hall–Kier alpha value is -0.280. The van der Waals surface area contributed by atoms with Crippen LogP contribution in [0.25, 0.3) is 0 Å². The van der Waals surface area contributed by atoms with Crippen LogP contribution in [0, 0.1) is 11.8 Å². The van der Waals surface area contributed by atoms with E-state index in [4.69, 9.17) is 4.42 Å². The maximum absolute atomic E-state index is 5.41. The third kappa shape index (κ3) is 3.65. The second kappa shape index (κ2) is 5.71. The molecule has 0 saturated carbocycles. The summed E-state index contributed by atoms with van der Waals surface area (Å²) in [6.45, 7) is 9.91. The van der Waals surface area contributed by atoms with Gasteiger partial charge in [0.25, 0.3) is 0 Å². The third-order valence-corrected chi connectivity index (χ3v) is 3.58. The monoisotopic (exact) mass is 273 g/mol. The van der Waals surface area contributed by atoms with Crippen LogP contribution in [-0.2, 0) is 0 Å². The molecule has 0 fully saturated rings. The van der Waals surface area contributed by atoms with Crippen molar-refractivity contribution in [3.8, 4) is 0 Å². The fourth-order valence-electron chi connectivity index (χ4n) is 1.31. The molecule has 1 aromatic heterocycles. The molecular formula is C12H20BrNO. The molecule has 0 aliphatic rings. The van der Waals surface area contributed by atoms with Crippen LogP contribution in [0.5, 0.6) is 0 Å². The van der Waals surface area contributed by atoms with E-state index >= 15 is 0 Å². The van der Waals surface area contributed by atoms with E-state index < -0.39 is 0 Å². The largest absolute Gasteiger partial charge is 0.466 e. The van der Waals surface area contributed by atoms with Crippen LogP contribution < -0.4 is 5.32 Å². The summed E-state index contributed by atoms with van der Waals surface area (Å²) >= 11 is 3.47. The molecule has 0 saturated heterocycles. The Kier molecular flexibility index (Phi) is 4.87. The molecule has 1 aromatic rings. The number of nitrogens with one attached hydrogen (secondary N) is 1. The minimum Gasteiger partial charge on any atom is -0.466 e. The molecule has 0 spiro atoms. The second-order valence-corrected chi connectivity index (χ2v) is 5.34. The minimum atomic E-state index is 0.260. The lowest BCUT2D eigenvalue weighted by Crippen LogP contribution is -2.26. The van der Waals surface area contributed by atoms with Gasteiger partial charge in [-0.15, -0.1) is 0 Å². The maximum Gasteiger partial charge on any atom is 0.134 e. The van der Waals surface area contributed by atoms with E-state index in [1.165, 1.54) is 0 Å². The molecule has 1 heterocycles. The van der Waals surface area contributed by atoms with Gasteiger partial charge in [0, 0.05) is 0 Å². The van der Waals surface area contributed by atoms with Crippen molar-refractivity contribution in [2.75, 3.05) is 6.54 Å². The number of rotatable bonds is 5. The van der Waals surface area contributed by atoms with E-state index in [1.54, 1.807) is 6.26 Å². The van der Waals surface area contributed by atoms with Crippen LogP contribution >= 0.6 is 15.9 Å². The highest BCUT2D eigenvalue weighted by Gasteiger charge is 2.14. The van der Waals surface area contributed by atoms with Crippen LogP contribution in [0.15, 0.2) is 21.2 Å². The highest BCUT2D eigenvalue weighted by Crippen LogP contribution is 2.24. The van der Waals surface area contributed by atoms with Crippen molar-refractivity contribution < 1.29 is 4.42 Å². The van der Waals surface area contributed by atoms with Crippen LogP contribution in [0.3, 0.4) is 0 Å². The van der Waals surface area contributed by atoms with Gasteiger partial charge in [0.05, 0.1) is 16.8 Å². The zero-order chi connectivity index (χ0) is 11.4. The van der Waals surface area contributed by atoms with E-state index in [0.717, 1.165) is 16.8 Å². The Morgan fingerprint density at radius 3 is 2.47 bits per heavy atom. The lowest BCUT2D eigenvalue weighted by atomic mass is 9.98. The van der Waals surface area contributed by atoms with E-state index in [0.29, 0.717) is 11.8 Å². The zero-order valence-corrected chi connectivity index (χ0v) is 11.5. The molecule has 1 N–H and O–H groups in total. The van der Waals surface area contributed by atoms with Crippen molar-refractivity contribution in [1.82, 2.24) is 5.32 Å². The van der Waals surface area contributed by atoms with Gasteiger partial charge >= 0.3 is 0 Å². The van der Waals surface area contributed by atoms with Gasteiger partial charge in [0.2, 0.25) is 0 Å². The van der Waals surface area contributed by atoms with E-state index in [9.17, 15) is 0 Å². The summed E-state index contributed by atoms with van der Waals surface area (Å²) < 4.78 is 6.45. The molecule has 0 amide bonds. The molecular weight excluding hydrogens is 254 g/mol. The maximum atomic E-state index is 5.41. The summed E-state index contributed by atoms with van der Waals surface area (Å²) in [6, 6.07) is 2.19. The number of halogens is 1. The van der Waals surface area contributed by atoms with Crippen LogP contribution in [0.1, 0.15) is 39.5 Å². The van der Waals surface area contributed by atoms with Crippen molar-refractivity contribution in [2.45, 2.75) is 33.7 Å². The van der Waals surface area contributed by atoms with Crippen molar-refractivity contribution >= 4 is 15.9 Å². The van der Waals surface area contributed by atoms with Crippen LogP contribution in [0.4, 0.5) is 0 Å². The van der Waals surface area contributed by atoms with Gasteiger partial charge in [-0.3, -0.25) is 0 Å². The summed E-state index contributed by atoms with van der Waals surface area (Å²) in [7, 11) is 0. The molecule has 0 aliphatic carbocycles. The normalized spacial score (nSPS) is 15.6.